The Morgan fingerprint density at radius 3 is 2.41 bits per heavy atom. The summed E-state index contributed by atoms with van der Waals surface area (Å²) in [6.07, 6.45) is 0.548. The third-order valence-electron chi connectivity index (χ3n) is 5.46. The topological polar surface area (TPSA) is 83.7 Å². The molecule has 3 aromatic rings. The molecule has 1 aromatic heterocycles. The lowest BCUT2D eigenvalue weighted by Gasteiger charge is -2.35. The molecule has 168 valence electrons. The molecule has 0 unspecified atom stereocenters. The van der Waals surface area contributed by atoms with Crippen molar-refractivity contribution in [3.63, 3.8) is 0 Å². The Morgan fingerprint density at radius 2 is 1.75 bits per heavy atom. The zero-order valence-electron chi connectivity index (χ0n) is 17.7. The number of rotatable bonds is 6. The Morgan fingerprint density at radius 1 is 1.06 bits per heavy atom. The average Bonchev–Trinajstić information content (AvgIpc) is 3.29. The van der Waals surface area contributed by atoms with E-state index in [1.807, 2.05) is 11.8 Å². The molecule has 1 saturated heterocycles. The third-order valence-corrected chi connectivity index (χ3v) is 7.40. The first-order chi connectivity index (χ1) is 15.4. The van der Waals surface area contributed by atoms with Gasteiger partial charge in [0.05, 0.1) is 16.3 Å². The SMILES string of the molecule is CCCS(=O)(=O)c1ccc(-c2cc(C(=O)N3CCN(c4ccccc4F)CC3)no2)cc1. The molecule has 32 heavy (non-hydrogen) atoms. The second kappa shape index (κ2) is 9.12. The summed E-state index contributed by atoms with van der Waals surface area (Å²) in [6, 6.07) is 14.5. The first kappa shape index (κ1) is 22.0. The van der Waals surface area contributed by atoms with Crippen molar-refractivity contribution in [1.82, 2.24) is 10.1 Å². The van der Waals surface area contributed by atoms with Crippen LogP contribution >= 0.6 is 0 Å². The van der Waals surface area contributed by atoms with Gasteiger partial charge in [-0.25, -0.2) is 12.8 Å². The number of piperazine rings is 1. The van der Waals surface area contributed by atoms with Crippen LogP contribution in [0, 0.1) is 5.82 Å². The summed E-state index contributed by atoms with van der Waals surface area (Å²) in [5, 5.41) is 3.90. The first-order valence-electron chi connectivity index (χ1n) is 10.5. The van der Waals surface area contributed by atoms with E-state index in [2.05, 4.69) is 5.16 Å². The van der Waals surface area contributed by atoms with Gasteiger partial charge in [-0.2, -0.15) is 0 Å². The minimum atomic E-state index is -3.29. The molecule has 0 spiro atoms. The van der Waals surface area contributed by atoms with Gasteiger partial charge in [0.25, 0.3) is 5.91 Å². The molecule has 2 heterocycles. The maximum Gasteiger partial charge on any atom is 0.276 e. The van der Waals surface area contributed by atoms with Crippen LogP contribution in [0.5, 0.6) is 0 Å². The van der Waals surface area contributed by atoms with Crippen LogP contribution in [0.2, 0.25) is 0 Å². The number of aromatic nitrogens is 1. The molecule has 0 bridgehead atoms. The van der Waals surface area contributed by atoms with Crippen LogP contribution in [0.3, 0.4) is 0 Å². The third kappa shape index (κ3) is 4.52. The highest BCUT2D eigenvalue weighted by Crippen LogP contribution is 2.24. The summed E-state index contributed by atoms with van der Waals surface area (Å²) in [6.45, 7) is 3.74. The number of sulfone groups is 1. The van der Waals surface area contributed by atoms with Gasteiger partial charge in [0, 0.05) is 37.8 Å². The van der Waals surface area contributed by atoms with E-state index in [1.54, 1.807) is 41.3 Å². The summed E-state index contributed by atoms with van der Waals surface area (Å²) in [5.41, 5.74) is 1.35. The van der Waals surface area contributed by atoms with E-state index in [4.69, 9.17) is 4.52 Å². The molecule has 1 aliphatic heterocycles. The number of benzene rings is 2. The van der Waals surface area contributed by atoms with Gasteiger partial charge in [-0.3, -0.25) is 4.79 Å². The van der Waals surface area contributed by atoms with Gasteiger partial charge in [-0.15, -0.1) is 0 Å². The van der Waals surface area contributed by atoms with Crippen molar-refractivity contribution in [2.24, 2.45) is 0 Å². The molecule has 1 aliphatic rings. The number of carbonyl (C=O) groups is 1. The van der Waals surface area contributed by atoms with Gasteiger partial charge < -0.3 is 14.3 Å². The minimum absolute atomic E-state index is 0.0947. The normalized spacial score (nSPS) is 14.6. The summed E-state index contributed by atoms with van der Waals surface area (Å²) in [7, 11) is -3.29. The maximum atomic E-state index is 14.0. The summed E-state index contributed by atoms with van der Waals surface area (Å²) in [5.74, 6) is -0.0488. The minimum Gasteiger partial charge on any atom is -0.366 e. The number of anilines is 1. The fourth-order valence-electron chi connectivity index (χ4n) is 3.75. The van der Waals surface area contributed by atoms with Gasteiger partial charge in [0.1, 0.15) is 5.82 Å². The highest BCUT2D eigenvalue weighted by molar-refractivity contribution is 7.91. The fourth-order valence-corrected chi connectivity index (χ4v) is 5.07. The number of para-hydroxylation sites is 1. The average molecular weight is 458 g/mol. The second-order valence-electron chi connectivity index (χ2n) is 7.65. The second-order valence-corrected chi connectivity index (χ2v) is 9.76. The monoisotopic (exact) mass is 457 g/mol. The lowest BCUT2D eigenvalue weighted by Crippen LogP contribution is -2.49. The summed E-state index contributed by atoms with van der Waals surface area (Å²) >= 11 is 0. The predicted octanol–water partition coefficient (Wildman–Crippen LogP) is 3.63. The van der Waals surface area contributed by atoms with Crippen LogP contribution in [-0.4, -0.2) is 56.3 Å². The molecule has 0 radical (unpaired) electrons. The molecule has 0 atom stereocenters. The van der Waals surface area contributed by atoms with Gasteiger partial charge in [-0.05, 0) is 42.8 Å². The van der Waals surface area contributed by atoms with E-state index in [-0.39, 0.29) is 28.1 Å². The van der Waals surface area contributed by atoms with Crippen LogP contribution in [0.1, 0.15) is 23.8 Å². The van der Waals surface area contributed by atoms with E-state index in [9.17, 15) is 17.6 Å². The van der Waals surface area contributed by atoms with Crippen LogP contribution in [0.4, 0.5) is 10.1 Å². The molecule has 0 N–H and O–H groups in total. The van der Waals surface area contributed by atoms with Crippen molar-refractivity contribution < 1.29 is 22.1 Å². The van der Waals surface area contributed by atoms with Crippen molar-refractivity contribution in [1.29, 1.82) is 0 Å². The zero-order chi connectivity index (χ0) is 22.7. The smallest absolute Gasteiger partial charge is 0.276 e. The van der Waals surface area contributed by atoms with Crippen molar-refractivity contribution >= 4 is 21.4 Å². The van der Waals surface area contributed by atoms with Crippen molar-refractivity contribution in [3.05, 3.63) is 66.1 Å². The van der Waals surface area contributed by atoms with Crippen LogP contribution in [0.15, 0.2) is 64.0 Å². The highest BCUT2D eigenvalue weighted by atomic mass is 32.2. The Hall–Kier alpha value is -3.20. The first-order valence-corrected chi connectivity index (χ1v) is 12.1. The number of nitrogens with zero attached hydrogens (tertiary/aromatic N) is 3. The Bertz CT molecular complexity index is 1200. The molecule has 1 amide bonds. The van der Waals surface area contributed by atoms with Crippen molar-refractivity contribution in [2.75, 3.05) is 36.8 Å². The fraction of sp³-hybridized carbons (Fsp3) is 0.304. The molecular weight excluding hydrogens is 433 g/mol. The maximum absolute atomic E-state index is 14.0. The highest BCUT2D eigenvalue weighted by Gasteiger charge is 2.26. The van der Waals surface area contributed by atoms with Crippen LogP contribution in [-0.2, 0) is 9.84 Å². The summed E-state index contributed by atoms with van der Waals surface area (Å²) < 4.78 is 43.7. The number of halogens is 1. The predicted molar refractivity (Wildman–Crippen MR) is 119 cm³/mol. The molecule has 2 aromatic carbocycles. The number of carbonyl (C=O) groups excluding carboxylic acids is 1. The molecule has 7 nitrogen and oxygen atoms in total. The van der Waals surface area contributed by atoms with E-state index >= 15 is 0 Å². The Kier molecular flexibility index (Phi) is 6.27. The Labute approximate surface area is 186 Å². The van der Waals surface area contributed by atoms with Crippen LogP contribution in [0.25, 0.3) is 11.3 Å². The molecular formula is C23H24FN3O4S. The number of amides is 1. The molecule has 0 saturated carbocycles. The summed E-state index contributed by atoms with van der Waals surface area (Å²) in [4.78, 5) is 16.7. The lowest BCUT2D eigenvalue weighted by molar-refractivity contribution is 0.0736. The van der Waals surface area contributed by atoms with E-state index in [0.29, 0.717) is 49.6 Å². The number of hydrogen-bond acceptors (Lipinski definition) is 6. The van der Waals surface area contributed by atoms with Crippen molar-refractivity contribution in [2.45, 2.75) is 18.2 Å². The van der Waals surface area contributed by atoms with E-state index in [0.717, 1.165) is 0 Å². The standard InChI is InChI=1S/C23H24FN3O4S/c1-2-15-32(29,30)18-9-7-17(8-10-18)22-16-20(25-31-22)23(28)27-13-11-26(12-14-27)21-6-4-3-5-19(21)24/h3-10,16H,2,11-15H2,1H3. The van der Waals surface area contributed by atoms with Gasteiger partial charge in [-0.1, -0.05) is 24.2 Å². The lowest BCUT2D eigenvalue weighted by atomic mass is 10.1. The number of hydrogen-bond donors (Lipinski definition) is 0. The Balaban J connectivity index is 1.42. The van der Waals surface area contributed by atoms with E-state index in [1.165, 1.54) is 18.2 Å². The molecule has 9 heteroatoms. The van der Waals surface area contributed by atoms with Crippen molar-refractivity contribution in [3.8, 4) is 11.3 Å². The molecule has 1 fully saturated rings. The molecule has 0 aliphatic carbocycles. The zero-order valence-corrected chi connectivity index (χ0v) is 18.5. The van der Waals surface area contributed by atoms with Gasteiger partial charge in [0.15, 0.2) is 21.3 Å². The van der Waals surface area contributed by atoms with Crippen LogP contribution < -0.4 is 4.90 Å². The van der Waals surface area contributed by atoms with Gasteiger partial charge in [0.2, 0.25) is 0 Å². The quantitative estimate of drug-likeness (QED) is 0.562. The molecule has 4 rings (SSSR count). The van der Waals surface area contributed by atoms with Gasteiger partial charge >= 0.3 is 0 Å². The van der Waals surface area contributed by atoms with E-state index < -0.39 is 9.84 Å². The largest absolute Gasteiger partial charge is 0.366 e.